The molecule has 3 heterocycles. The molecule has 6 aromatic rings. The molecule has 0 radical (unpaired) electrons. The van der Waals surface area contributed by atoms with E-state index in [1.165, 1.54) is 39.6 Å². The van der Waals surface area contributed by atoms with Crippen molar-refractivity contribution in [3.05, 3.63) is 119 Å². The van der Waals surface area contributed by atoms with Crippen LogP contribution in [0.1, 0.15) is 122 Å². The van der Waals surface area contributed by atoms with Gasteiger partial charge in [-0.3, -0.25) is 4.57 Å². The number of fused-ring (bicyclic) bond motifs is 3. The summed E-state index contributed by atoms with van der Waals surface area (Å²) in [5.74, 6) is 3.37. The first-order chi connectivity index (χ1) is 25.5. The number of hydrogen-bond acceptors (Lipinski definition) is 3. The molecule has 0 fully saturated rings. The van der Waals surface area contributed by atoms with Crippen LogP contribution in [-0.2, 0) is 11.8 Å². The zero-order valence-electron chi connectivity index (χ0n) is 34.8. The Labute approximate surface area is 323 Å². The Balaban J connectivity index is 1.34. The van der Waals surface area contributed by atoms with Crippen molar-refractivity contribution in [3.63, 3.8) is 0 Å². The number of benzene rings is 3. The van der Waals surface area contributed by atoms with E-state index >= 15 is 0 Å². The van der Waals surface area contributed by atoms with Crippen LogP contribution in [-0.4, -0.2) is 19.3 Å². The van der Waals surface area contributed by atoms with Crippen molar-refractivity contribution < 1.29 is 4.74 Å². The number of ether oxygens (including phenoxy) is 1. The van der Waals surface area contributed by atoms with E-state index in [0.29, 0.717) is 11.8 Å². The van der Waals surface area contributed by atoms with Gasteiger partial charge in [-0.15, -0.1) is 0 Å². The predicted molar refractivity (Wildman–Crippen MR) is 227 cm³/mol. The van der Waals surface area contributed by atoms with Gasteiger partial charge < -0.3 is 4.74 Å². The lowest BCUT2D eigenvalue weighted by Crippen LogP contribution is -2.34. The van der Waals surface area contributed by atoms with Crippen LogP contribution in [0.3, 0.4) is 0 Å². The highest BCUT2D eigenvalue weighted by Gasteiger charge is 2.42. The molecule has 7 rings (SSSR count). The Morgan fingerprint density at radius 3 is 2.22 bits per heavy atom. The average molecular weight is 721 g/mol. The van der Waals surface area contributed by atoms with E-state index < -0.39 is 0 Å². The molecule has 2 atom stereocenters. The highest BCUT2D eigenvalue weighted by atomic mass is 16.5. The van der Waals surface area contributed by atoms with Gasteiger partial charge >= 0.3 is 0 Å². The summed E-state index contributed by atoms with van der Waals surface area (Å²) in [6, 6.07) is 26.1. The Bertz CT molecular complexity index is 2370. The monoisotopic (exact) mass is 720 g/mol. The van der Waals surface area contributed by atoms with Crippen LogP contribution >= 0.6 is 0 Å². The summed E-state index contributed by atoms with van der Waals surface area (Å²) in [6.45, 7) is 27.9. The second kappa shape index (κ2) is 13.9. The fourth-order valence-electron chi connectivity index (χ4n) is 8.97. The quantitative estimate of drug-likeness (QED) is 0.154. The van der Waals surface area contributed by atoms with E-state index in [1.807, 2.05) is 6.20 Å². The molecule has 282 valence electrons. The molecule has 3 aromatic carbocycles. The highest BCUT2D eigenvalue weighted by Crippen LogP contribution is 2.53. The lowest BCUT2D eigenvalue weighted by molar-refractivity contribution is 0.180. The number of rotatable bonds is 7. The Kier molecular flexibility index (Phi) is 9.69. The third-order valence-electron chi connectivity index (χ3n) is 11.7. The molecule has 5 heteroatoms. The highest BCUT2D eigenvalue weighted by molar-refractivity contribution is 6.09. The van der Waals surface area contributed by atoms with Gasteiger partial charge in [-0.1, -0.05) is 106 Å². The lowest BCUT2D eigenvalue weighted by atomic mass is 9.59. The van der Waals surface area contributed by atoms with Gasteiger partial charge in [-0.05, 0) is 109 Å². The molecule has 1 aliphatic rings. The normalized spacial score (nSPS) is 17.0. The number of pyridine rings is 1. The molecule has 0 bridgehead atoms. The third-order valence-corrected chi connectivity index (χ3v) is 11.7. The van der Waals surface area contributed by atoms with Crippen LogP contribution in [0.15, 0.2) is 90.6 Å². The van der Waals surface area contributed by atoms with Gasteiger partial charge in [0.25, 0.3) is 0 Å². The van der Waals surface area contributed by atoms with Crippen LogP contribution in [0.4, 0.5) is 0 Å². The van der Waals surface area contributed by atoms with Crippen molar-refractivity contribution in [2.24, 2.45) is 16.7 Å². The first-order valence-electron chi connectivity index (χ1n) is 20.0. The van der Waals surface area contributed by atoms with Crippen molar-refractivity contribution in [3.8, 4) is 23.0 Å². The Morgan fingerprint density at radius 2 is 1.52 bits per heavy atom. The fourth-order valence-corrected chi connectivity index (χ4v) is 8.97. The predicted octanol–water partition coefficient (Wildman–Crippen LogP) is 13.5. The van der Waals surface area contributed by atoms with Crippen molar-refractivity contribution in [2.45, 2.75) is 120 Å². The second-order valence-electron chi connectivity index (χ2n) is 18.8. The number of para-hydroxylation sites is 1. The maximum absolute atomic E-state index is 6.87. The lowest BCUT2D eigenvalue weighted by Gasteiger charge is -2.45. The zero-order valence-corrected chi connectivity index (χ0v) is 34.8. The first-order valence-corrected chi connectivity index (χ1v) is 20.0. The second-order valence-corrected chi connectivity index (χ2v) is 18.8. The molecule has 54 heavy (non-hydrogen) atoms. The van der Waals surface area contributed by atoms with Crippen molar-refractivity contribution in [2.75, 3.05) is 0 Å². The maximum Gasteiger partial charge on any atom is 0.137 e. The summed E-state index contributed by atoms with van der Waals surface area (Å²) < 4.78 is 11.3. The summed E-state index contributed by atoms with van der Waals surface area (Å²) in [5, 5.41) is 7.70. The molecule has 1 unspecified atom stereocenters. The zero-order chi connectivity index (χ0) is 38.7. The Hall–Kier alpha value is -4.64. The minimum atomic E-state index is -0.0958. The van der Waals surface area contributed by atoms with Gasteiger partial charge in [0.1, 0.15) is 17.3 Å². The fraction of sp³-hybridized carbons (Fsp3) is 0.429. The summed E-state index contributed by atoms with van der Waals surface area (Å²) >= 11 is 0. The topological polar surface area (TPSA) is 44.9 Å². The van der Waals surface area contributed by atoms with Crippen molar-refractivity contribution >= 4 is 21.8 Å². The van der Waals surface area contributed by atoms with Gasteiger partial charge in [0.2, 0.25) is 0 Å². The number of aryl methyl sites for hydroxylation is 2. The molecule has 0 N–H and O–H groups in total. The van der Waals surface area contributed by atoms with Crippen LogP contribution in [0, 0.1) is 30.6 Å². The molecular formula is C49H60N4O. The molecule has 3 aromatic heterocycles. The van der Waals surface area contributed by atoms with Crippen LogP contribution in [0.5, 0.6) is 11.5 Å². The van der Waals surface area contributed by atoms with Crippen LogP contribution in [0.2, 0.25) is 0 Å². The van der Waals surface area contributed by atoms with E-state index in [1.54, 1.807) is 5.57 Å². The van der Waals surface area contributed by atoms with E-state index in [9.17, 15) is 0 Å². The molecule has 1 aliphatic carbocycles. The Morgan fingerprint density at radius 1 is 0.778 bits per heavy atom. The molecule has 0 amide bonds. The van der Waals surface area contributed by atoms with Crippen molar-refractivity contribution in [1.82, 2.24) is 19.3 Å². The molecule has 5 nitrogen and oxygen atoms in total. The van der Waals surface area contributed by atoms with E-state index in [0.717, 1.165) is 59.0 Å². The smallest absolute Gasteiger partial charge is 0.137 e. The summed E-state index contributed by atoms with van der Waals surface area (Å²) in [4.78, 5) is 4.86. The van der Waals surface area contributed by atoms with Crippen LogP contribution < -0.4 is 4.74 Å². The molecule has 0 saturated carbocycles. The number of nitrogens with zero attached hydrogens (tertiary/aromatic N) is 4. The SMILES string of the molecule is CCCc1ccnc(-n2c3ccccc3c3ccc(Oc4cc(-n5nc(C)c(C6C(C(C)(C)C)=CCC[C@@H]6C(C)(C)C)c5C)cc(C(C)(C)C)c4)cc32)c1. The van der Waals surface area contributed by atoms with Gasteiger partial charge in [-0.25, -0.2) is 9.67 Å². The van der Waals surface area contributed by atoms with E-state index in [2.05, 4.69) is 171 Å². The van der Waals surface area contributed by atoms with Gasteiger partial charge in [0, 0.05) is 46.3 Å². The molecule has 0 aliphatic heterocycles. The summed E-state index contributed by atoms with van der Waals surface area (Å²) in [6.07, 6.45) is 8.91. The first kappa shape index (κ1) is 37.7. The maximum atomic E-state index is 6.87. The van der Waals surface area contributed by atoms with Gasteiger partial charge in [0.05, 0.1) is 22.4 Å². The molecule has 0 spiro atoms. The third kappa shape index (κ3) is 7.03. The number of allylic oxidation sites excluding steroid dienone is 2. The van der Waals surface area contributed by atoms with Gasteiger partial charge in [-0.2, -0.15) is 5.10 Å². The van der Waals surface area contributed by atoms with Crippen LogP contribution in [0.25, 0.3) is 33.3 Å². The number of hydrogen-bond donors (Lipinski definition) is 0. The summed E-state index contributed by atoms with van der Waals surface area (Å²) in [7, 11) is 0. The summed E-state index contributed by atoms with van der Waals surface area (Å²) in [5.41, 5.74) is 11.2. The standard InChI is InChI=1S/C49H60N4O/c1-13-17-33-24-25-50-44(26-33)52-42-21-15-14-18-38(42)39-23-22-36(30-43(39)52)54-37-28-34(47(4,5)6)27-35(29-37)53-32(3)45(31(2)51-53)46-40(48(7,8)9)19-16-20-41(46)49(10,11)12/h14-15,18-19,21-30,41,46H,13,16-17,20H2,1-12H3/t41-,46?/m0/s1. The minimum absolute atomic E-state index is 0.0733. The van der Waals surface area contributed by atoms with Gasteiger partial charge in [0.15, 0.2) is 0 Å². The van der Waals surface area contributed by atoms with E-state index in [4.69, 9.17) is 14.8 Å². The minimum Gasteiger partial charge on any atom is -0.457 e. The average Bonchev–Trinajstić information content (AvgIpc) is 3.59. The molecule has 0 saturated heterocycles. The molecular weight excluding hydrogens is 661 g/mol. The van der Waals surface area contributed by atoms with E-state index in [-0.39, 0.29) is 16.2 Å². The largest absolute Gasteiger partial charge is 0.457 e. The number of aromatic nitrogens is 4. The van der Waals surface area contributed by atoms with Crippen molar-refractivity contribution in [1.29, 1.82) is 0 Å².